The number of nitrogens with zero attached hydrogens (tertiary/aromatic N) is 1. The second kappa shape index (κ2) is 8.09. The summed E-state index contributed by atoms with van der Waals surface area (Å²) < 4.78 is 5.87. The quantitative estimate of drug-likeness (QED) is 0.527. The molecule has 0 aromatic carbocycles. The van der Waals surface area contributed by atoms with Gasteiger partial charge in [-0.05, 0) is 55.9 Å². The van der Waals surface area contributed by atoms with Crippen LogP contribution in [0.2, 0.25) is 0 Å². The predicted octanol–water partition coefficient (Wildman–Crippen LogP) is 3.52. The maximum Gasteiger partial charge on any atom is 0.309 e. The lowest BCUT2D eigenvalue weighted by Gasteiger charge is -2.52. The average Bonchev–Trinajstić information content (AvgIpc) is 3.31. The van der Waals surface area contributed by atoms with Crippen LogP contribution < -0.4 is 5.32 Å². The molecule has 0 aromatic rings. The molecule has 0 spiro atoms. The van der Waals surface area contributed by atoms with Gasteiger partial charge in [0.05, 0.1) is 18.2 Å². The predicted molar refractivity (Wildman–Crippen MR) is 116 cm³/mol. The number of oxime groups is 1. The monoisotopic (exact) mass is 438 g/mol. The van der Waals surface area contributed by atoms with Gasteiger partial charge in [-0.25, -0.2) is 0 Å². The van der Waals surface area contributed by atoms with E-state index in [9.17, 15) is 9.59 Å². The van der Waals surface area contributed by atoms with E-state index in [1.165, 1.54) is 0 Å². The van der Waals surface area contributed by atoms with Crippen molar-refractivity contribution in [3.05, 3.63) is 0 Å². The first-order chi connectivity index (χ1) is 13.9. The molecular weight excluding hydrogens is 404 g/mol. The van der Waals surface area contributed by atoms with Gasteiger partial charge in [0.1, 0.15) is 11.9 Å². The molecule has 3 saturated carbocycles. The van der Waals surface area contributed by atoms with Crippen molar-refractivity contribution in [2.45, 2.75) is 71.3 Å². The largest absolute Gasteiger partial charge is 0.465 e. The van der Waals surface area contributed by atoms with Gasteiger partial charge in [0.2, 0.25) is 0 Å². The maximum absolute atomic E-state index is 13.0. The fourth-order valence-corrected chi connectivity index (χ4v) is 7.29. The number of cyclic esters (lactones) is 1. The second-order valence-electron chi connectivity index (χ2n) is 10.6. The number of hydrogen-bond donors (Lipinski definition) is 1. The van der Waals surface area contributed by atoms with E-state index in [1.54, 1.807) is 0 Å². The van der Waals surface area contributed by atoms with Crippen molar-refractivity contribution in [1.82, 2.24) is 5.32 Å². The van der Waals surface area contributed by atoms with E-state index in [0.29, 0.717) is 43.0 Å². The van der Waals surface area contributed by atoms with E-state index in [2.05, 4.69) is 24.3 Å². The highest BCUT2D eigenvalue weighted by atomic mass is 35.5. The van der Waals surface area contributed by atoms with Gasteiger partial charge in [-0.15, -0.1) is 12.4 Å². The Kier molecular flexibility index (Phi) is 5.95. The molecule has 6 nitrogen and oxygen atoms in total. The summed E-state index contributed by atoms with van der Waals surface area (Å²) in [5.41, 5.74) is 0.736. The molecule has 1 unspecified atom stereocenters. The van der Waals surface area contributed by atoms with Crippen molar-refractivity contribution in [2.75, 3.05) is 19.7 Å². The Hall–Kier alpha value is -1.14. The molecule has 0 bridgehead atoms. The Morgan fingerprint density at radius 1 is 1.10 bits per heavy atom. The van der Waals surface area contributed by atoms with E-state index >= 15 is 0 Å². The number of ketones is 1. The van der Waals surface area contributed by atoms with Crippen molar-refractivity contribution in [2.24, 2.45) is 39.7 Å². The van der Waals surface area contributed by atoms with Gasteiger partial charge in [0.15, 0.2) is 0 Å². The van der Waals surface area contributed by atoms with Gasteiger partial charge in [0.25, 0.3) is 0 Å². The highest BCUT2D eigenvalue weighted by molar-refractivity contribution is 5.90. The molecule has 7 heteroatoms. The third kappa shape index (κ3) is 3.38. The SMILES string of the molecule is C[C@]12CC/C(=N\O[C@@H]3CCNC3)CC1C(=O)OC[C@@H]1[C@@H]2CC[C@]2(C)C(=O)CC[C@@H]12.Cl. The van der Waals surface area contributed by atoms with Crippen LogP contribution >= 0.6 is 12.4 Å². The molecule has 168 valence electrons. The van der Waals surface area contributed by atoms with Crippen LogP contribution in [0.4, 0.5) is 0 Å². The number of carbonyl (C=O) groups excluding carboxylic acids is 2. The lowest BCUT2D eigenvalue weighted by Crippen LogP contribution is -2.50. The summed E-state index contributed by atoms with van der Waals surface area (Å²) in [6.07, 6.45) is 7.30. The Morgan fingerprint density at radius 2 is 1.93 bits per heavy atom. The Labute approximate surface area is 185 Å². The van der Waals surface area contributed by atoms with Crippen molar-refractivity contribution in [3.63, 3.8) is 0 Å². The summed E-state index contributed by atoms with van der Waals surface area (Å²) in [5.74, 6) is 1.35. The van der Waals surface area contributed by atoms with Crippen LogP contribution in [-0.4, -0.2) is 43.3 Å². The number of halogens is 1. The van der Waals surface area contributed by atoms with Crippen LogP contribution in [0.5, 0.6) is 0 Å². The molecule has 1 N–H and O–H groups in total. The third-order valence-electron chi connectivity index (χ3n) is 9.23. The zero-order chi connectivity index (χ0) is 20.2. The first-order valence-corrected chi connectivity index (χ1v) is 11.5. The molecule has 0 amide bonds. The number of ether oxygens (including phenoxy) is 1. The fourth-order valence-electron chi connectivity index (χ4n) is 7.29. The summed E-state index contributed by atoms with van der Waals surface area (Å²) in [4.78, 5) is 31.4. The van der Waals surface area contributed by atoms with Crippen LogP contribution in [0.3, 0.4) is 0 Å². The van der Waals surface area contributed by atoms with E-state index in [-0.39, 0.29) is 41.2 Å². The lowest BCUT2D eigenvalue weighted by atomic mass is 9.50. The van der Waals surface area contributed by atoms with Crippen molar-refractivity contribution < 1.29 is 19.2 Å². The van der Waals surface area contributed by atoms with Crippen LogP contribution in [-0.2, 0) is 19.2 Å². The number of esters is 1. The van der Waals surface area contributed by atoms with Crippen molar-refractivity contribution in [3.8, 4) is 0 Å². The molecular formula is C23H35ClN2O4. The lowest BCUT2D eigenvalue weighted by molar-refractivity contribution is -0.151. The number of hydrogen-bond acceptors (Lipinski definition) is 6. The van der Waals surface area contributed by atoms with Crippen LogP contribution in [0.15, 0.2) is 5.16 Å². The molecule has 0 aromatic heterocycles. The minimum atomic E-state index is -0.200. The molecule has 2 aliphatic heterocycles. The molecule has 0 radical (unpaired) electrons. The highest BCUT2D eigenvalue weighted by Crippen LogP contribution is 2.62. The van der Waals surface area contributed by atoms with Gasteiger partial charge in [-0.1, -0.05) is 19.0 Å². The maximum atomic E-state index is 13.0. The summed E-state index contributed by atoms with van der Waals surface area (Å²) >= 11 is 0. The van der Waals surface area contributed by atoms with E-state index < -0.39 is 0 Å². The molecule has 30 heavy (non-hydrogen) atoms. The number of nitrogens with one attached hydrogen (secondary N) is 1. The van der Waals surface area contributed by atoms with E-state index in [1.807, 2.05) is 0 Å². The Morgan fingerprint density at radius 3 is 2.70 bits per heavy atom. The summed E-state index contributed by atoms with van der Waals surface area (Å²) in [6.45, 7) is 6.78. The number of fused-ring (bicyclic) bond motifs is 5. The van der Waals surface area contributed by atoms with Crippen molar-refractivity contribution >= 4 is 29.9 Å². The highest BCUT2D eigenvalue weighted by Gasteiger charge is 2.61. The van der Waals surface area contributed by atoms with Gasteiger partial charge in [-0.3, -0.25) is 9.59 Å². The summed E-state index contributed by atoms with van der Waals surface area (Å²) in [6, 6.07) is 0. The van der Waals surface area contributed by atoms with E-state index in [4.69, 9.17) is 9.57 Å². The van der Waals surface area contributed by atoms with Gasteiger partial charge in [0, 0.05) is 37.1 Å². The molecule has 2 heterocycles. The standard InChI is InChI=1S/C23H34N2O4.ClH/c1-22-8-5-14(25-29-15-7-10-24-12-15)11-19(22)21(27)28-13-16-17-3-4-20(26)23(17,2)9-6-18(16)22;/h15-19,24H,3-13H2,1-2H3;1H/b25-14+;/t15-,16+,17+,18+,19?,22-,23+;/m1./s1. The van der Waals surface area contributed by atoms with Crippen LogP contribution in [0.1, 0.15) is 65.2 Å². The van der Waals surface area contributed by atoms with Crippen LogP contribution in [0, 0.1) is 34.5 Å². The van der Waals surface area contributed by atoms with Crippen molar-refractivity contribution in [1.29, 1.82) is 0 Å². The van der Waals surface area contributed by atoms with Crippen LogP contribution in [0.25, 0.3) is 0 Å². The zero-order valence-electron chi connectivity index (χ0n) is 18.2. The smallest absolute Gasteiger partial charge is 0.309 e. The fraction of sp³-hybridized carbons (Fsp3) is 0.870. The first-order valence-electron chi connectivity index (χ1n) is 11.5. The Balaban J connectivity index is 0.00000218. The number of rotatable bonds is 2. The number of Topliss-reactive ketones (excluding diaryl/α,β-unsaturated/α-hetero) is 1. The topological polar surface area (TPSA) is 77.0 Å². The molecule has 5 aliphatic rings. The minimum Gasteiger partial charge on any atom is -0.465 e. The Bertz CT molecular complexity index is 737. The second-order valence-corrected chi connectivity index (χ2v) is 10.6. The van der Waals surface area contributed by atoms with Gasteiger partial charge in [-0.2, -0.15) is 0 Å². The first kappa shape index (κ1) is 22.1. The van der Waals surface area contributed by atoms with Gasteiger partial charge >= 0.3 is 5.97 Å². The van der Waals surface area contributed by atoms with Gasteiger partial charge < -0.3 is 14.9 Å². The molecule has 7 atom stereocenters. The molecule has 3 aliphatic carbocycles. The third-order valence-corrected chi connectivity index (χ3v) is 9.23. The summed E-state index contributed by atoms with van der Waals surface area (Å²) in [5, 5.41) is 7.74. The summed E-state index contributed by atoms with van der Waals surface area (Å²) in [7, 11) is 0. The van der Waals surface area contributed by atoms with E-state index in [0.717, 1.165) is 57.3 Å². The normalized spacial score (nSPS) is 46.9. The average molecular weight is 439 g/mol. The zero-order valence-corrected chi connectivity index (χ0v) is 19.0. The molecule has 2 saturated heterocycles. The molecule has 5 fully saturated rings. The number of carbonyl (C=O) groups is 2. The minimum absolute atomic E-state index is 0. The molecule has 5 rings (SSSR count).